The Hall–Kier alpha value is -0.900. The molecule has 1 N–H and O–H groups in total. The fourth-order valence-electron chi connectivity index (χ4n) is 6.40. The molecule has 0 aliphatic carbocycles. The maximum Gasteiger partial charge on any atom is 0.157 e. The molecule has 4 nitrogen and oxygen atoms in total. The average molecular weight is 577 g/mol. The van der Waals surface area contributed by atoms with Gasteiger partial charge in [-0.3, -0.25) is 9.79 Å². The van der Waals surface area contributed by atoms with E-state index in [9.17, 15) is 9.90 Å². The average Bonchev–Trinajstić information content (AvgIpc) is 3.44. The van der Waals surface area contributed by atoms with E-state index in [1.54, 1.807) is 0 Å². The molecule has 1 heterocycles. The van der Waals surface area contributed by atoms with Crippen LogP contribution in [0.15, 0.2) is 4.99 Å². The Morgan fingerprint density at radius 1 is 0.610 bits per heavy atom. The first-order chi connectivity index (χ1) is 20.2. The highest BCUT2D eigenvalue weighted by Gasteiger charge is 2.29. The topological polar surface area (TPSA) is 52.9 Å². The summed E-state index contributed by atoms with van der Waals surface area (Å²) >= 11 is 0. The lowest BCUT2D eigenvalue weighted by molar-refractivity contribution is -0.124. The van der Waals surface area contributed by atoms with Gasteiger partial charge in [-0.05, 0) is 12.8 Å². The van der Waals surface area contributed by atoms with Crippen LogP contribution in [0.1, 0.15) is 200 Å². The molecule has 0 aromatic carbocycles. The molecule has 41 heavy (non-hydrogen) atoms. The molecule has 0 bridgehead atoms. The largest absolute Gasteiger partial charge is 0.394 e. The molecule has 1 aliphatic heterocycles. The van der Waals surface area contributed by atoms with Crippen molar-refractivity contribution in [2.24, 2.45) is 4.99 Å². The van der Waals surface area contributed by atoms with Crippen LogP contribution in [-0.4, -0.2) is 47.4 Å². The van der Waals surface area contributed by atoms with Crippen molar-refractivity contribution in [3.8, 4) is 0 Å². The normalized spacial score (nSPS) is 14.1. The molecule has 0 aromatic heterocycles. The first kappa shape index (κ1) is 38.1. The van der Waals surface area contributed by atoms with Gasteiger partial charge < -0.3 is 10.0 Å². The van der Waals surface area contributed by atoms with Crippen molar-refractivity contribution in [1.82, 2.24) is 4.90 Å². The number of aliphatic hydroxyl groups is 1. The number of amidine groups is 1. The van der Waals surface area contributed by atoms with Crippen molar-refractivity contribution >= 4 is 11.6 Å². The molecule has 0 fully saturated rings. The number of carbonyl (C=O) groups is 1. The fraction of sp³-hybridized carbons (Fsp3) is 0.946. The van der Waals surface area contributed by atoms with Crippen LogP contribution in [0.2, 0.25) is 0 Å². The molecule has 0 saturated heterocycles. The van der Waals surface area contributed by atoms with E-state index in [-0.39, 0.29) is 18.4 Å². The zero-order chi connectivity index (χ0) is 29.6. The molecule has 1 atom stereocenters. The third-order valence-electron chi connectivity index (χ3n) is 9.17. The number of aliphatic hydroxyl groups excluding tert-OH is 1. The number of aliphatic imine (C=N–C) groups is 1. The Labute approximate surface area is 256 Å². The minimum atomic E-state index is -0.375. The van der Waals surface area contributed by atoms with Crippen LogP contribution in [-0.2, 0) is 4.79 Å². The van der Waals surface area contributed by atoms with Crippen molar-refractivity contribution in [1.29, 1.82) is 0 Å². The highest BCUT2D eigenvalue weighted by atomic mass is 16.3. The van der Waals surface area contributed by atoms with Gasteiger partial charge in [-0.2, -0.15) is 0 Å². The second-order valence-corrected chi connectivity index (χ2v) is 13.0. The van der Waals surface area contributed by atoms with Gasteiger partial charge in [-0.15, -0.1) is 0 Å². The summed E-state index contributed by atoms with van der Waals surface area (Å²) in [6, 6.07) is -0.375. The number of unbranched alkanes of at least 4 members (excludes halogenated alkanes) is 25. The van der Waals surface area contributed by atoms with Crippen molar-refractivity contribution in [3.63, 3.8) is 0 Å². The summed E-state index contributed by atoms with van der Waals surface area (Å²) in [6.45, 7) is 6.06. The number of nitrogens with zero attached hydrogens (tertiary/aromatic N) is 2. The maximum atomic E-state index is 13.0. The van der Waals surface area contributed by atoms with E-state index < -0.39 is 0 Å². The van der Waals surface area contributed by atoms with Crippen LogP contribution in [0.4, 0.5) is 0 Å². The molecule has 0 saturated carbocycles. The number of carbonyl (C=O) groups excluding carboxylic acids is 1. The molecular weight excluding hydrogens is 504 g/mol. The standard InChI is InChI=1S/C37H72N2O2/c1-3-5-7-9-11-13-15-17-18-19-20-22-24-26-28-30-36(41)35(34-40)39-33-32-38-37(39)31-29-27-25-23-21-16-14-12-10-8-6-4-2/h35,40H,3-34H2,1-2H3. The van der Waals surface area contributed by atoms with Crippen molar-refractivity contribution in [2.45, 2.75) is 206 Å². The van der Waals surface area contributed by atoms with E-state index in [0.717, 1.165) is 44.6 Å². The van der Waals surface area contributed by atoms with Crippen LogP contribution in [0, 0.1) is 0 Å². The molecular formula is C37H72N2O2. The zero-order valence-corrected chi connectivity index (χ0v) is 28.0. The second kappa shape index (κ2) is 29.2. The number of hydrogen-bond acceptors (Lipinski definition) is 4. The van der Waals surface area contributed by atoms with E-state index in [2.05, 4.69) is 18.7 Å². The molecule has 4 heteroatoms. The van der Waals surface area contributed by atoms with Gasteiger partial charge in [0.15, 0.2) is 5.78 Å². The Kier molecular flexibility index (Phi) is 27.1. The zero-order valence-electron chi connectivity index (χ0n) is 28.0. The molecule has 0 aromatic rings. The van der Waals surface area contributed by atoms with Crippen LogP contribution >= 0.6 is 0 Å². The predicted molar refractivity (Wildman–Crippen MR) is 180 cm³/mol. The van der Waals surface area contributed by atoms with Crippen LogP contribution < -0.4 is 0 Å². The van der Waals surface area contributed by atoms with Gasteiger partial charge in [0.2, 0.25) is 0 Å². The van der Waals surface area contributed by atoms with Gasteiger partial charge in [0, 0.05) is 19.4 Å². The summed E-state index contributed by atoms with van der Waals surface area (Å²) in [5.41, 5.74) is 0. The van der Waals surface area contributed by atoms with Crippen molar-refractivity contribution < 1.29 is 9.90 Å². The first-order valence-corrected chi connectivity index (χ1v) is 18.7. The summed E-state index contributed by atoms with van der Waals surface area (Å²) in [5, 5.41) is 10.1. The lowest BCUT2D eigenvalue weighted by Crippen LogP contribution is -2.45. The van der Waals surface area contributed by atoms with Gasteiger partial charge in [0.25, 0.3) is 0 Å². The molecule has 0 amide bonds. The van der Waals surface area contributed by atoms with Gasteiger partial charge in [0.05, 0.1) is 19.0 Å². The quantitative estimate of drug-likeness (QED) is 0.0810. The fourth-order valence-corrected chi connectivity index (χ4v) is 6.40. The Balaban J connectivity index is 2.02. The lowest BCUT2D eigenvalue weighted by Gasteiger charge is -2.28. The minimum Gasteiger partial charge on any atom is -0.394 e. The summed E-state index contributed by atoms with van der Waals surface area (Å²) in [4.78, 5) is 19.8. The number of hydrogen-bond donors (Lipinski definition) is 1. The van der Waals surface area contributed by atoms with Crippen molar-refractivity contribution in [3.05, 3.63) is 0 Å². The molecule has 0 radical (unpaired) electrons. The summed E-state index contributed by atoms with van der Waals surface area (Å²) in [7, 11) is 0. The number of rotatable bonds is 32. The SMILES string of the molecule is CCCCCCCCCCCCCCCCCC(=O)C(CO)N1CCN=C1CCCCCCCCCCCCCC. The Morgan fingerprint density at radius 2 is 0.976 bits per heavy atom. The van der Waals surface area contributed by atoms with Crippen LogP contribution in [0.3, 0.4) is 0 Å². The van der Waals surface area contributed by atoms with E-state index >= 15 is 0 Å². The smallest absolute Gasteiger partial charge is 0.157 e. The van der Waals surface area contributed by atoms with Crippen LogP contribution in [0.5, 0.6) is 0 Å². The van der Waals surface area contributed by atoms with Gasteiger partial charge in [-0.25, -0.2) is 0 Å². The highest BCUT2D eigenvalue weighted by molar-refractivity contribution is 5.92. The van der Waals surface area contributed by atoms with E-state index in [4.69, 9.17) is 4.99 Å². The molecule has 1 rings (SSSR count). The number of ketones is 1. The van der Waals surface area contributed by atoms with Crippen molar-refractivity contribution in [2.75, 3.05) is 19.7 Å². The molecule has 1 unspecified atom stereocenters. The van der Waals surface area contributed by atoms with Gasteiger partial charge in [-0.1, -0.05) is 174 Å². The van der Waals surface area contributed by atoms with E-state index in [0.29, 0.717) is 6.42 Å². The number of Topliss-reactive ketones (excluding diaryl/α,β-unsaturated/α-hetero) is 1. The second-order valence-electron chi connectivity index (χ2n) is 13.0. The lowest BCUT2D eigenvalue weighted by atomic mass is 10.0. The first-order valence-electron chi connectivity index (χ1n) is 18.7. The molecule has 1 aliphatic rings. The monoisotopic (exact) mass is 577 g/mol. The summed E-state index contributed by atoms with van der Waals surface area (Å²) in [6.07, 6.45) is 37.8. The van der Waals surface area contributed by atoms with Crippen LogP contribution in [0.25, 0.3) is 0 Å². The Bertz CT molecular complexity index is 606. The third-order valence-corrected chi connectivity index (χ3v) is 9.17. The highest BCUT2D eigenvalue weighted by Crippen LogP contribution is 2.18. The Morgan fingerprint density at radius 3 is 1.37 bits per heavy atom. The minimum absolute atomic E-state index is 0.0744. The predicted octanol–water partition coefficient (Wildman–Crippen LogP) is 11.0. The van der Waals surface area contributed by atoms with E-state index in [1.165, 1.54) is 154 Å². The third kappa shape index (κ3) is 21.4. The van der Waals surface area contributed by atoms with Gasteiger partial charge in [0.1, 0.15) is 6.04 Å². The van der Waals surface area contributed by atoms with Gasteiger partial charge >= 0.3 is 0 Å². The summed E-state index contributed by atoms with van der Waals surface area (Å²) < 4.78 is 0. The maximum absolute atomic E-state index is 13.0. The summed E-state index contributed by atoms with van der Waals surface area (Å²) in [5.74, 6) is 1.28. The molecule has 0 spiro atoms. The molecule has 242 valence electrons. The van der Waals surface area contributed by atoms with E-state index in [1.807, 2.05) is 0 Å².